The van der Waals surface area contributed by atoms with Gasteiger partial charge in [0, 0.05) is 31.3 Å². The molecule has 2 amide bonds. The molecule has 1 aliphatic rings. The van der Waals surface area contributed by atoms with Crippen LogP contribution in [0.1, 0.15) is 12.0 Å². The quantitative estimate of drug-likeness (QED) is 0.794. The van der Waals surface area contributed by atoms with Crippen LogP contribution in [0.4, 0.5) is 10.1 Å². The molecule has 0 aromatic heterocycles. The van der Waals surface area contributed by atoms with Crippen LogP contribution in [0.25, 0.3) is 0 Å². The molecule has 1 fully saturated rings. The van der Waals surface area contributed by atoms with E-state index >= 15 is 0 Å². The predicted molar refractivity (Wildman–Crippen MR) is 103 cm³/mol. The molecule has 1 unspecified atom stereocenters. The first-order chi connectivity index (χ1) is 13.5. The summed E-state index contributed by atoms with van der Waals surface area (Å²) in [4.78, 5) is 26.4. The van der Waals surface area contributed by atoms with E-state index in [-0.39, 0.29) is 24.1 Å². The zero-order valence-electron chi connectivity index (χ0n) is 15.9. The highest BCUT2D eigenvalue weighted by Crippen LogP contribution is 2.34. The fourth-order valence-electron chi connectivity index (χ4n) is 3.29. The first kappa shape index (κ1) is 19.7. The molecule has 2 aromatic rings. The Bertz CT molecular complexity index is 871. The molecule has 28 heavy (non-hydrogen) atoms. The van der Waals surface area contributed by atoms with Gasteiger partial charge in [-0.05, 0) is 36.2 Å². The number of anilines is 1. The van der Waals surface area contributed by atoms with Gasteiger partial charge in [0.1, 0.15) is 5.82 Å². The number of ether oxygens (including phenoxy) is 2. The summed E-state index contributed by atoms with van der Waals surface area (Å²) in [5.41, 5.74) is 1.48. The van der Waals surface area contributed by atoms with Crippen LogP contribution < -0.4 is 19.7 Å². The molecule has 0 aliphatic carbocycles. The molecule has 6 nitrogen and oxygen atoms in total. The van der Waals surface area contributed by atoms with Gasteiger partial charge < -0.3 is 19.7 Å². The molecule has 1 aliphatic heterocycles. The Morgan fingerprint density at radius 1 is 1.18 bits per heavy atom. The van der Waals surface area contributed by atoms with Crippen molar-refractivity contribution in [2.24, 2.45) is 5.92 Å². The maximum atomic E-state index is 13.2. The molecule has 148 valence electrons. The van der Waals surface area contributed by atoms with Gasteiger partial charge in [-0.15, -0.1) is 0 Å². The van der Waals surface area contributed by atoms with E-state index in [1.54, 1.807) is 36.3 Å². The van der Waals surface area contributed by atoms with Gasteiger partial charge in [0.25, 0.3) is 0 Å². The second-order valence-corrected chi connectivity index (χ2v) is 6.62. The fraction of sp³-hybridized carbons (Fsp3) is 0.333. The van der Waals surface area contributed by atoms with Crippen LogP contribution >= 0.6 is 0 Å². The van der Waals surface area contributed by atoms with E-state index in [0.29, 0.717) is 36.7 Å². The summed E-state index contributed by atoms with van der Waals surface area (Å²) in [6.45, 7) is 0.698. The van der Waals surface area contributed by atoms with E-state index in [4.69, 9.17) is 9.47 Å². The van der Waals surface area contributed by atoms with Gasteiger partial charge in [-0.2, -0.15) is 0 Å². The smallest absolute Gasteiger partial charge is 0.227 e. The lowest BCUT2D eigenvalue weighted by molar-refractivity contribution is -0.126. The normalized spacial score (nSPS) is 16.2. The summed E-state index contributed by atoms with van der Waals surface area (Å²) >= 11 is 0. The van der Waals surface area contributed by atoms with Gasteiger partial charge in [0.05, 0.1) is 20.1 Å². The maximum Gasteiger partial charge on any atom is 0.227 e. The topological polar surface area (TPSA) is 67.9 Å². The van der Waals surface area contributed by atoms with Gasteiger partial charge >= 0.3 is 0 Å². The number of amides is 2. The van der Waals surface area contributed by atoms with Crippen molar-refractivity contribution in [2.75, 3.05) is 32.2 Å². The van der Waals surface area contributed by atoms with E-state index < -0.39 is 5.92 Å². The highest BCUT2D eigenvalue weighted by Gasteiger charge is 2.35. The van der Waals surface area contributed by atoms with Crippen LogP contribution in [0.5, 0.6) is 11.5 Å². The molecule has 1 atom stereocenters. The van der Waals surface area contributed by atoms with Crippen molar-refractivity contribution in [1.29, 1.82) is 0 Å². The number of halogens is 1. The van der Waals surface area contributed by atoms with E-state index in [0.717, 1.165) is 5.56 Å². The molecule has 2 aromatic carbocycles. The van der Waals surface area contributed by atoms with Gasteiger partial charge in [-0.3, -0.25) is 9.59 Å². The lowest BCUT2D eigenvalue weighted by atomic mass is 10.1. The van der Waals surface area contributed by atoms with Crippen molar-refractivity contribution in [3.8, 4) is 11.5 Å². The van der Waals surface area contributed by atoms with Crippen LogP contribution in [-0.4, -0.2) is 39.1 Å². The molecular weight excluding hydrogens is 363 g/mol. The van der Waals surface area contributed by atoms with Gasteiger partial charge in [-0.1, -0.05) is 12.1 Å². The Hall–Kier alpha value is -3.09. The SMILES string of the molecule is COc1ccc(N2CC(C(=O)NCCc3cccc(F)c3)CC2=O)cc1OC. The standard InChI is InChI=1S/C21H23FN2O4/c1-27-18-7-6-17(12-19(18)28-2)24-13-15(11-20(24)25)21(26)23-9-8-14-4-3-5-16(22)10-14/h3-7,10,12,15H,8-9,11,13H2,1-2H3,(H,23,26). The minimum Gasteiger partial charge on any atom is -0.493 e. The van der Waals surface area contributed by atoms with Crippen molar-refractivity contribution in [3.05, 3.63) is 53.8 Å². The van der Waals surface area contributed by atoms with Gasteiger partial charge in [-0.25, -0.2) is 4.39 Å². The van der Waals surface area contributed by atoms with E-state index in [9.17, 15) is 14.0 Å². The number of rotatable bonds is 7. The van der Waals surface area contributed by atoms with Crippen molar-refractivity contribution in [3.63, 3.8) is 0 Å². The molecule has 1 N–H and O–H groups in total. The van der Waals surface area contributed by atoms with E-state index in [1.165, 1.54) is 19.2 Å². The number of carbonyl (C=O) groups excluding carboxylic acids is 2. The molecule has 0 radical (unpaired) electrons. The summed E-state index contributed by atoms with van der Waals surface area (Å²) < 4.78 is 23.7. The van der Waals surface area contributed by atoms with Crippen LogP contribution in [-0.2, 0) is 16.0 Å². The van der Waals surface area contributed by atoms with Crippen LogP contribution in [0, 0.1) is 11.7 Å². The lowest BCUT2D eigenvalue weighted by Gasteiger charge is -2.18. The number of carbonyl (C=O) groups is 2. The lowest BCUT2D eigenvalue weighted by Crippen LogP contribution is -2.34. The Balaban J connectivity index is 1.58. The third-order valence-corrected chi connectivity index (χ3v) is 4.78. The van der Waals surface area contributed by atoms with Gasteiger partial charge in [0.2, 0.25) is 11.8 Å². The number of nitrogens with zero attached hydrogens (tertiary/aromatic N) is 1. The monoisotopic (exact) mass is 386 g/mol. The summed E-state index contributed by atoms with van der Waals surface area (Å²) in [7, 11) is 3.07. The van der Waals surface area contributed by atoms with Crippen molar-refractivity contribution in [2.45, 2.75) is 12.8 Å². The fourth-order valence-corrected chi connectivity index (χ4v) is 3.29. The predicted octanol–water partition coefficient (Wildman–Crippen LogP) is 2.55. The summed E-state index contributed by atoms with van der Waals surface area (Å²) in [6.07, 6.45) is 0.684. The van der Waals surface area contributed by atoms with Crippen LogP contribution in [0.3, 0.4) is 0 Å². The maximum absolute atomic E-state index is 13.2. The van der Waals surface area contributed by atoms with Crippen molar-refractivity contribution in [1.82, 2.24) is 5.32 Å². The number of hydrogen-bond acceptors (Lipinski definition) is 4. The Kier molecular flexibility index (Phi) is 6.13. The third kappa shape index (κ3) is 4.42. The minimum absolute atomic E-state index is 0.113. The Morgan fingerprint density at radius 3 is 2.68 bits per heavy atom. The Morgan fingerprint density at radius 2 is 1.96 bits per heavy atom. The summed E-state index contributed by atoms with van der Waals surface area (Å²) in [6, 6.07) is 11.5. The van der Waals surface area contributed by atoms with E-state index in [2.05, 4.69) is 5.32 Å². The molecule has 3 rings (SSSR count). The van der Waals surface area contributed by atoms with Crippen LogP contribution in [0.15, 0.2) is 42.5 Å². The van der Waals surface area contributed by atoms with Gasteiger partial charge in [0.15, 0.2) is 11.5 Å². The average Bonchev–Trinajstić information content (AvgIpc) is 3.09. The summed E-state index contributed by atoms with van der Waals surface area (Å²) in [5.74, 6) is 0.0921. The highest BCUT2D eigenvalue weighted by atomic mass is 19.1. The zero-order chi connectivity index (χ0) is 20.1. The largest absolute Gasteiger partial charge is 0.493 e. The highest BCUT2D eigenvalue weighted by molar-refractivity contribution is 6.00. The number of methoxy groups -OCH3 is 2. The summed E-state index contributed by atoms with van der Waals surface area (Å²) in [5, 5.41) is 2.84. The number of nitrogens with one attached hydrogen (secondary N) is 1. The second kappa shape index (κ2) is 8.73. The zero-order valence-corrected chi connectivity index (χ0v) is 15.9. The molecule has 0 bridgehead atoms. The second-order valence-electron chi connectivity index (χ2n) is 6.62. The Labute approximate surface area is 163 Å². The molecule has 0 spiro atoms. The van der Waals surface area contributed by atoms with E-state index in [1.807, 2.05) is 6.07 Å². The van der Waals surface area contributed by atoms with Crippen molar-refractivity contribution < 1.29 is 23.5 Å². The third-order valence-electron chi connectivity index (χ3n) is 4.78. The van der Waals surface area contributed by atoms with Crippen LogP contribution in [0.2, 0.25) is 0 Å². The molecule has 0 saturated carbocycles. The molecular formula is C21H23FN2O4. The minimum atomic E-state index is -0.423. The van der Waals surface area contributed by atoms with Crippen molar-refractivity contribution >= 4 is 17.5 Å². The molecule has 7 heteroatoms. The number of benzene rings is 2. The number of hydrogen-bond donors (Lipinski definition) is 1. The first-order valence-electron chi connectivity index (χ1n) is 9.06. The first-order valence-corrected chi connectivity index (χ1v) is 9.06. The average molecular weight is 386 g/mol. The molecule has 1 heterocycles. The molecule has 1 saturated heterocycles.